The molecule has 7 nitrogen and oxygen atoms in total. The van der Waals surface area contributed by atoms with Crippen molar-refractivity contribution in [3.05, 3.63) is 41.9 Å². The van der Waals surface area contributed by atoms with Gasteiger partial charge >= 0.3 is 0 Å². The molecule has 3 N–H and O–H groups in total. The SMILES string of the molecule is COc1cc(OC)cc(OCCNC(=O)c2coc(CN)c2)c1. The van der Waals surface area contributed by atoms with Gasteiger partial charge in [-0.25, -0.2) is 0 Å². The molecule has 0 aliphatic heterocycles. The number of nitrogens with two attached hydrogens (primary N) is 1. The topological polar surface area (TPSA) is 96.0 Å². The van der Waals surface area contributed by atoms with E-state index in [0.29, 0.717) is 41.7 Å². The van der Waals surface area contributed by atoms with Crippen LogP contribution in [0.25, 0.3) is 0 Å². The second-order valence-corrected chi connectivity index (χ2v) is 4.66. The molecule has 0 aliphatic carbocycles. The Morgan fingerprint density at radius 3 is 2.35 bits per heavy atom. The summed E-state index contributed by atoms with van der Waals surface area (Å²) in [5.74, 6) is 2.20. The first-order valence-corrected chi connectivity index (χ1v) is 7.07. The fraction of sp³-hybridized carbons (Fsp3) is 0.312. The van der Waals surface area contributed by atoms with Crippen LogP contribution < -0.4 is 25.3 Å². The van der Waals surface area contributed by atoms with Crippen molar-refractivity contribution in [2.24, 2.45) is 5.73 Å². The van der Waals surface area contributed by atoms with E-state index >= 15 is 0 Å². The molecule has 0 unspecified atom stereocenters. The first-order valence-electron chi connectivity index (χ1n) is 7.07. The summed E-state index contributed by atoms with van der Waals surface area (Å²) in [4.78, 5) is 11.9. The van der Waals surface area contributed by atoms with Gasteiger partial charge < -0.3 is 29.7 Å². The average Bonchev–Trinajstić information content (AvgIpc) is 3.07. The molecular weight excluding hydrogens is 300 g/mol. The number of hydrogen-bond donors (Lipinski definition) is 2. The summed E-state index contributed by atoms with van der Waals surface area (Å²) in [6, 6.07) is 6.85. The van der Waals surface area contributed by atoms with E-state index in [2.05, 4.69) is 5.32 Å². The van der Waals surface area contributed by atoms with Crippen LogP contribution in [0.1, 0.15) is 16.1 Å². The molecule has 23 heavy (non-hydrogen) atoms. The van der Waals surface area contributed by atoms with E-state index in [4.69, 9.17) is 24.4 Å². The van der Waals surface area contributed by atoms with Crippen molar-refractivity contribution in [2.45, 2.75) is 6.54 Å². The third kappa shape index (κ3) is 4.65. The van der Waals surface area contributed by atoms with E-state index in [0.717, 1.165) is 0 Å². The van der Waals surface area contributed by atoms with Crippen molar-refractivity contribution in [1.29, 1.82) is 0 Å². The lowest BCUT2D eigenvalue weighted by Crippen LogP contribution is -2.27. The van der Waals surface area contributed by atoms with E-state index in [-0.39, 0.29) is 12.5 Å². The van der Waals surface area contributed by atoms with E-state index < -0.39 is 0 Å². The highest BCUT2D eigenvalue weighted by molar-refractivity contribution is 5.93. The predicted molar refractivity (Wildman–Crippen MR) is 84.0 cm³/mol. The number of hydrogen-bond acceptors (Lipinski definition) is 6. The fourth-order valence-corrected chi connectivity index (χ4v) is 1.91. The monoisotopic (exact) mass is 320 g/mol. The van der Waals surface area contributed by atoms with Crippen LogP contribution in [0, 0.1) is 0 Å². The lowest BCUT2D eigenvalue weighted by Gasteiger charge is -2.10. The van der Waals surface area contributed by atoms with Crippen LogP contribution in [0.15, 0.2) is 34.9 Å². The molecule has 1 aromatic carbocycles. The van der Waals surface area contributed by atoms with Crippen LogP contribution in [0.2, 0.25) is 0 Å². The molecule has 124 valence electrons. The number of nitrogens with one attached hydrogen (secondary N) is 1. The molecule has 0 bridgehead atoms. The van der Waals surface area contributed by atoms with Gasteiger partial charge in [-0.3, -0.25) is 4.79 Å². The van der Waals surface area contributed by atoms with Gasteiger partial charge in [-0.2, -0.15) is 0 Å². The molecule has 7 heteroatoms. The summed E-state index contributed by atoms with van der Waals surface area (Å²) in [6.07, 6.45) is 1.38. The fourth-order valence-electron chi connectivity index (χ4n) is 1.91. The minimum Gasteiger partial charge on any atom is -0.496 e. The van der Waals surface area contributed by atoms with E-state index in [1.165, 1.54) is 6.26 Å². The molecular formula is C16H20N2O5. The molecule has 0 saturated heterocycles. The number of methoxy groups -OCH3 is 2. The van der Waals surface area contributed by atoms with E-state index in [1.807, 2.05) is 0 Å². The Kier molecular flexibility index (Phi) is 5.87. The molecule has 1 aromatic heterocycles. The summed E-state index contributed by atoms with van der Waals surface area (Å²) in [6.45, 7) is 0.916. The third-order valence-corrected chi connectivity index (χ3v) is 3.10. The quantitative estimate of drug-likeness (QED) is 0.717. The van der Waals surface area contributed by atoms with Crippen molar-refractivity contribution in [1.82, 2.24) is 5.32 Å². The van der Waals surface area contributed by atoms with Gasteiger partial charge in [0.1, 0.15) is 35.9 Å². The minimum atomic E-state index is -0.236. The van der Waals surface area contributed by atoms with Crippen molar-refractivity contribution in [3.63, 3.8) is 0 Å². The Balaban J connectivity index is 1.82. The van der Waals surface area contributed by atoms with Crippen LogP contribution in [0.4, 0.5) is 0 Å². The summed E-state index contributed by atoms with van der Waals surface area (Å²) in [5.41, 5.74) is 5.87. The van der Waals surface area contributed by atoms with Crippen molar-refractivity contribution in [3.8, 4) is 17.2 Å². The first kappa shape index (κ1) is 16.7. The molecule has 0 radical (unpaired) electrons. The number of carbonyl (C=O) groups is 1. The zero-order valence-corrected chi connectivity index (χ0v) is 13.1. The zero-order valence-electron chi connectivity index (χ0n) is 13.1. The third-order valence-electron chi connectivity index (χ3n) is 3.10. The molecule has 0 fully saturated rings. The molecule has 1 amide bonds. The smallest absolute Gasteiger partial charge is 0.254 e. The maximum atomic E-state index is 11.9. The number of amides is 1. The first-order chi connectivity index (χ1) is 11.2. The van der Waals surface area contributed by atoms with Crippen molar-refractivity contribution >= 4 is 5.91 Å². The highest BCUT2D eigenvalue weighted by Gasteiger charge is 2.09. The number of benzene rings is 1. The summed E-state index contributed by atoms with van der Waals surface area (Å²) < 4.78 is 21.0. The lowest BCUT2D eigenvalue weighted by atomic mass is 10.3. The summed E-state index contributed by atoms with van der Waals surface area (Å²) in [7, 11) is 3.14. The maximum Gasteiger partial charge on any atom is 0.254 e. The molecule has 0 saturated carbocycles. The van der Waals surface area contributed by atoms with Gasteiger partial charge in [0.05, 0.1) is 32.9 Å². The van der Waals surface area contributed by atoms with Gasteiger partial charge in [0.25, 0.3) is 5.91 Å². The Morgan fingerprint density at radius 2 is 1.78 bits per heavy atom. The number of carbonyl (C=O) groups excluding carboxylic acids is 1. The van der Waals surface area contributed by atoms with Crippen LogP contribution in [0.5, 0.6) is 17.2 Å². The van der Waals surface area contributed by atoms with Gasteiger partial charge in [0.15, 0.2) is 0 Å². The standard InChI is InChI=1S/C16H20N2O5/c1-20-12-6-13(21-2)8-14(7-12)22-4-3-18-16(19)11-5-15(9-17)23-10-11/h5-8,10H,3-4,9,17H2,1-2H3,(H,18,19). The molecule has 0 spiro atoms. The van der Waals surface area contributed by atoms with Crippen LogP contribution in [-0.4, -0.2) is 33.3 Å². The number of ether oxygens (including phenoxy) is 3. The molecule has 2 rings (SSSR count). The van der Waals surface area contributed by atoms with Gasteiger partial charge in [0, 0.05) is 18.2 Å². The van der Waals surface area contributed by atoms with Crippen LogP contribution >= 0.6 is 0 Å². The van der Waals surface area contributed by atoms with Crippen LogP contribution in [-0.2, 0) is 6.54 Å². The van der Waals surface area contributed by atoms with Crippen LogP contribution in [0.3, 0.4) is 0 Å². The Bertz CT molecular complexity index is 631. The van der Waals surface area contributed by atoms with E-state index in [9.17, 15) is 4.79 Å². The largest absolute Gasteiger partial charge is 0.496 e. The van der Waals surface area contributed by atoms with Gasteiger partial charge in [-0.15, -0.1) is 0 Å². The minimum absolute atomic E-state index is 0.236. The molecule has 0 atom stereocenters. The average molecular weight is 320 g/mol. The van der Waals surface area contributed by atoms with Gasteiger partial charge in [0.2, 0.25) is 0 Å². The summed E-state index contributed by atoms with van der Waals surface area (Å²) in [5, 5.41) is 2.74. The normalized spacial score (nSPS) is 10.2. The molecule has 0 aliphatic rings. The second-order valence-electron chi connectivity index (χ2n) is 4.66. The Morgan fingerprint density at radius 1 is 1.13 bits per heavy atom. The van der Waals surface area contributed by atoms with Gasteiger partial charge in [-0.1, -0.05) is 0 Å². The van der Waals surface area contributed by atoms with E-state index in [1.54, 1.807) is 38.5 Å². The van der Waals surface area contributed by atoms with Crippen molar-refractivity contribution < 1.29 is 23.4 Å². The second kappa shape index (κ2) is 8.09. The number of furan rings is 1. The number of rotatable bonds is 8. The maximum absolute atomic E-state index is 11.9. The van der Waals surface area contributed by atoms with Crippen molar-refractivity contribution in [2.75, 3.05) is 27.4 Å². The summed E-state index contributed by atoms with van der Waals surface area (Å²) >= 11 is 0. The highest BCUT2D eigenvalue weighted by Crippen LogP contribution is 2.27. The predicted octanol–water partition coefficient (Wildman–Crippen LogP) is 1.56. The highest BCUT2D eigenvalue weighted by atomic mass is 16.5. The van der Waals surface area contributed by atoms with Gasteiger partial charge in [-0.05, 0) is 6.07 Å². The zero-order chi connectivity index (χ0) is 16.7. The molecule has 1 heterocycles. The Hall–Kier alpha value is -2.67. The molecule has 2 aromatic rings. The Labute approximate surface area is 134 Å². The lowest BCUT2D eigenvalue weighted by molar-refractivity contribution is 0.0946.